The molecule has 1 aromatic rings. The number of carbonyl (C=O) groups is 1. The van der Waals surface area contributed by atoms with Crippen LogP contribution in [-0.4, -0.2) is 39.4 Å². The number of carbonyl (C=O) groups excluding carboxylic acids is 1. The summed E-state index contributed by atoms with van der Waals surface area (Å²) in [6.45, 7) is 1.99. The van der Waals surface area contributed by atoms with Crippen LogP contribution in [-0.2, 0) is 19.7 Å². The van der Waals surface area contributed by atoms with Crippen molar-refractivity contribution < 1.29 is 17.9 Å². The highest BCUT2D eigenvalue weighted by molar-refractivity contribution is 7.87. The first kappa shape index (κ1) is 17.6. The molecule has 0 aliphatic rings. The van der Waals surface area contributed by atoms with Crippen molar-refractivity contribution in [3.63, 3.8) is 0 Å². The molecule has 0 aliphatic heterocycles. The zero-order valence-electron chi connectivity index (χ0n) is 12.6. The Morgan fingerprint density at radius 3 is 2.48 bits per heavy atom. The maximum absolute atomic E-state index is 12.2. The van der Waals surface area contributed by atoms with E-state index >= 15 is 0 Å². The number of nitrogens with one attached hydrogen (secondary N) is 1. The van der Waals surface area contributed by atoms with Crippen LogP contribution in [0.1, 0.15) is 31.4 Å². The van der Waals surface area contributed by atoms with Crippen molar-refractivity contribution in [1.29, 1.82) is 0 Å². The van der Waals surface area contributed by atoms with E-state index in [2.05, 4.69) is 9.46 Å². The number of esters is 1. The molecule has 118 valence electrons. The van der Waals surface area contributed by atoms with Gasteiger partial charge in [-0.1, -0.05) is 37.3 Å². The summed E-state index contributed by atoms with van der Waals surface area (Å²) < 4.78 is 32.7. The largest absolute Gasteiger partial charge is 0.469 e. The zero-order chi connectivity index (χ0) is 15.9. The van der Waals surface area contributed by atoms with Crippen molar-refractivity contribution in [3.8, 4) is 0 Å². The molecule has 0 saturated heterocycles. The summed E-state index contributed by atoms with van der Waals surface area (Å²) in [4.78, 5) is 11.1. The predicted octanol–water partition coefficient (Wildman–Crippen LogP) is 1.47. The quantitative estimate of drug-likeness (QED) is 0.737. The second kappa shape index (κ2) is 8.11. The van der Waals surface area contributed by atoms with Crippen molar-refractivity contribution in [1.82, 2.24) is 9.03 Å². The van der Waals surface area contributed by atoms with Crippen LogP contribution >= 0.6 is 0 Å². The maximum Gasteiger partial charge on any atom is 0.306 e. The Kier molecular flexibility index (Phi) is 6.80. The third kappa shape index (κ3) is 5.45. The van der Waals surface area contributed by atoms with Gasteiger partial charge in [-0.2, -0.15) is 17.4 Å². The van der Waals surface area contributed by atoms with E-state index in [0.29, 0.717) is 6.42 Å². The van der Waals surface area contributed by atoms with E-state index in [0.717, 1.165) is 9.87 Å². The van der Waals surface area contributed by atoms with E-state index < -0.39 is 16.2 Å². The molecule has 1 aromatic carbocycles. The van der Waals surface area contributed by atoms with Crippen LogP contribution in [0.15, 0.2) is 30.3 Å². The molecule has 0 aliphatic carbocycles. The monoisotopic (exact) mass is 314 g/mol. The Bertz CT molecular complexity index is 545. The molecule has 7 heteroatoms. The average molecular weight is 314 g/mol. The molecular formula is C14H22N2O4S. The lowest BCUT2D eigenvalue weighted by Crippen LogP contribution is -2.41. The summed E-state index contributed by atoms with van der Waals surface area (Å²) in [5.41, 5.74) is 0.907. The van der Waals surface area contributed by atoms with Gasteiger partial charge in [-0.3, -0.25) is 4.79 Å². The van der Waals surface area contributed by atoms with Crippen molar-refractivity contribution in [2.75, 3.05) is 20.7 Å². The van der Waals surface area contributed by atoms with Gasteiger partial charge in [0.1, 0.15) is 0 Å². The molecule has 1 unspecified atom stereocenters. The van der Waals surface area contributed by atoms with Gasteiger partial charge in [-0.25, -0.2) is 0 Å². The first-order chi connectivity index (χ1) is 9.90. The highest BCUT2D eigenvalue weighted by Gasteiger charge is 2.22. The highest BCUT2D eigenvalue weighted by Crippen LogP contribution is 2.17. The molecular weight excluding hydrogens is 292 g/mol. The Morgan fingerprint density at radius 2 is 1.95 bits per heavy atom. The van der Waals surface area contributed by atoms with Crippen LogP contribution in [0.5, 0.6) is 0 Å². The van der Waals surface area contributed by atoms with Crippen LogP contribution in [0.3, 0.4) is 0 Å². The zero-order valence-corrected chi connectivity index (χ0v) is 13.4. The second-order valence-corrected chi connectivity index (χ2v) is 6.45. The molecule has 1 atom stereocenters. The standard InChI is InChI=1S/C14H22N2O4S/c1-4-13(12-8-6-5-7-9-12)15-21(18,19)16(2)11-10-14(17)20-3/h5-9,13,15H,4,10-11H2,1-3H3. The van der Waals surface area contributed by atoms with Crippen molar-refractivity contribution >= 4 is 16.2 Å². The van der Waals surface area contributed by atoms with Gasteiger partial charge in [-0.05, 0) is 12.0 Å². The molecule has 0 saturated carbocycles. The van der Waals surface area contributed by atoms with Gasteiger partial charge in [0.05, 0.1) is 13.5 Å². The Morgan fingerprint density at radius 1 is 1.33 bits per heavy atom. The molecule has 0 amide bonds. The molecule has 0 radical (unpaired) electrons. The van der Waals surface area contributed by atoms with Gasteiger partial charge >= 0.3 is 5.97 Å². The van der Waals surface area contributed by atoms with Crippen molar-refractivity contribution in [2.45, 2.75) is 25.8 Å². The minimum Gasteiger partial charge on any atom is -0.469 e. The fourth-order valence-corrected chi connectivity index (χ4v) is 2.99. The molecule has 0 bridgehead atoms. The van der Waals surface area contributed by atoms with Crippen LogP contribution < -0.4 is 4.72 Å². The number of rotatable bonds is 8. The summed E-state index contributed by atoms with van der Waals surface area (Å²) in [5, 5.41) is 0. The topological polar surface area (TPSA) is 75.7 Å². The van der Waals surface area contributed by atoms with Crippen LogP contribution in [0.25, 0.3) is 0 Å². The van der Waals surface area contributed by atoms with E-state index in [1.165, 1.54) is 14.2 Å². The maximum atomic E-state index is 12.2. The normalized spacial score (nSPS) is 13.1. The molecule has 0 spiro atoms. The van der Waals surface area contributed by atoms with E-state index in [4.69, 9.17) is 0 Å². The molecule has 1 rings (SSSR count). The Balaban J connectivity index is 2.71. The van der Waals surface area contributed by atoms with E-state index in [1.54, 1.807) is 0 Å². The fraction of sp³-hybridized carbons (Fsp3) is 0.500. The molecule has 6 nitrogen and oxygen atoms in total. The summed E-state index contributed by atoms with van der Waals surface area (Å²) in [5.74, 6) is -0.438. The number of methoxy groups -OCH3 is 1. The van der Waals surface area contributed by atoms with Crippen molar-refractivity contribution in [3.05, 3.63) is 35.9 Å². The third-order valence-corrected chi connectivity index (χ3v) is 4.76. The summed E-state index contributed by atoms with van der Waals surface area (Å²) >= 11 is 0. The number of hydrogen-bond acceptors (Lipinski definition) is 4. The molecule has 0 aromatic heterocycles. The summed E-state index contributed by atoms with van der Waals surface area (Å²) in [6, 6.07) is 9.08. The van der Waals surface area contributed by atoms with E-state index in [-0.39, 0.29) is 19.0 Å². The Labute approximate surface area is 126 Å². The highest BCUT2D eigenvalue weighted by atomic mass is 32.2. The van der Waals surface area contributed by atoms with Crippen LogP contribution in [0, 0.1) is 0 Å². The second-order valence-electron chi connectivity index (χ2n) is 4.64. The average Bonchev–Trinajstić information content (AvgIpc) is 2.50. The van der Waals surface area contributed by atoms with Crippen LogP contribution in [0.2, 0.25) is 0 Å². The summed E-state index contributed by atoms with van der Waals surface area (Å²) in [6.07, 6.45) is 0.657. The van der Waals surface area contributed by atoms with Crippen molar-refractivity contribution in [2.24, 2.45) is 0 Å². The minimum atomic E-state index is -3.65. The predicted molar refractivity (Wildman–Crippen MR) is 80.8 cm³/mol. The van der Waals surface area contributed by atoms with Gasteiger partial charge in [-0.15, -0.1) is 0 Å². The number of ether oxygens (including phenoxy) is 1. The van der Waals surface area contributed by atoms with Gasteiger partial charge in [0, 0.05) is 19.6 Å². The first-order valence-corrected chi connectivity index (χ1v) is 8.20. The lowest BCUT2D eigenvalue weighted by molar-refractivity contribution is -0.140. The lowest BCUT2D eigenvalue weighted by Gasteiger charge is -2.22. The van der Waals surface area contributed by atoms with Gasteiger partial charge in [0.2, 0.25) is 0 Å². The molecule has 1 N–H and O–H groups in total. The summed E-state index contributed by atoms with van der Waals surface area (Å²) in [7, 11) is -0.939. The van der Waals surface area contributed by atoms with Gasteiger partial charge < -0.3 is 4.74 Å². The lowest BCUT2D eigenvalue weighted by atomic mass is 10.1. The SMILES string of the molecule is CCC(NS(=O)(=O)N(C)CCC(=O)OC)c1ccccc1. The van der Waals surface area contributed by atoms with Gasteiger partial charge in [0.25, 0.3) is 10.2 Å². The Hall–Kier alpha value is -1.44. The van der Waals surface area contributed by atoms with E-state index in [1.807, 2.05) is 37.3 Å². The number of nitrogens with zero attached hydrogens (tertiary/aromatic N) is 1. The third-order valence-electron chi connectivity index (χ3n) is 3.17. The molecule has 0 heterocycles. The molecule has 21 heavy (non-hydrogen) atoms. The molecule has 0 fully saturated rings. The number of hydrogen-bond donors (Lipinski definition) is 1. The van der Waals surface area contributed by atoms with Gasteiger partial charge in [0.15, 0.2) is 0 Å². The van der Waals surface area contributed by atoms with E-state index in [9.17, 15) is 13.2 Å². The van der Waals surface area contributed by atoms with Crippen LogP contribution in [0.4, 0.5) is 0 Å². The smallest absolute Gasteiger partial charge is 0.306 e. The first-order valence-electron chi connectivity index (χ1n) is 6.76. The number of benzene rings is 1. The minimum absolute atomic E-state index is 0.0238. The fourth-order valence-electron chi connectivity index (χ4n) is 1.81.